The van der Waals surface area contributed by atoms with Crippen LogP contribution in [0.15, 0.2) is 0 Å². The number of nitrogens with zero attached hydrogens (tertiary/aromatic N) is 2. The summed E-state index contributed by atoms with van der Waals surface area (Å²) in [5.41, 5.74) is 0. The lowest BCUT2D eigenvalue weighted by atomic mass is 9.50. The Hall–Kier alpha value is -0.0800. The first-order chi connectivity index (χ1) is 13.1. The maximum Gasteiger partial charge on any atom is 0.0823 e. The summed E-state index contributed by atoms with van der Waals surface area (Å²) in [7, 11) is 0. The number of fused-ring (bicyclic) bond motifs is 2. The van der Waals surface area contributed by atoms with E-state index in [1.54, 1.807) is 12.8 Å². The summed E-state index contributed by atoms with van der Waals surface area (Å²) < 4.78 is 1.48. The molecule has 158 valence electrons. The Morgan fingerprint density at radius 1 is 0.667 bits per heavy atom. The maximum absolute atomic E-state index is 2.83. The van der Waals surface area contributed by atoms with Gasteiger partial charge in [-0.25, -0.2) is 0 Å². The Balaban J connectivity index is 1.79. The van der Waals surface area contributed by atoms with Gasteiger partial charge in [0.15, 0.2) is 0 Å². The zero-order valence-electron chi connectivity index (χ0n) is 19.3. The molecular weight excluding hydrogens is 328 g/mol. The Kier molecular flexibility index (Phi) is 7.70. The molecule has 6 atom stereocenters. The highest BCUT2D eigenvalue weighted by atomic mass is 15.4. The highest BCUT2D eigenvalue weighted by molar-refractivity contribution is 5.03. The molecule has 2 heteroatoms. The second-order valence-electron chi connectivity index (χ2n) is 10.4. The lowest BCUT2D eigenvalue weighted by molar-refractivity contribution is -0.919. The fraction of sp³-hybridized carbons (Fsp3) is 1.00. The monoisotopic (exact) mass is 377 g/mol. The zero-order valence-corrected chi connectivity index (χ0v) is 19.3. The molecule has 1 saturated heterocycles. The highest BCUT2D eigenvalue weighted by Crippen LogP contribution is 2.59. The highest BCUT2D eigenvalue weighted by Gasteiger charge is 2.60. The summed E-state index contributed by atoms with van der Waals surface area (Å²) in [4.78, 5) is 2.83. The lowest BCUT2D eigenvalue weighted by Gasteiger charge is -2.54. The Morgan fingerprint density at radius 3 is 1.63 bits per heavy atom. The van der Waals surface area contributed by atoms with E-state index in [1.807, 2.05) is 0 Å². The summed E-state index contributed by atoms with van der Waals surface area (Å²) in [6, 6.07) is 0. The standard InChI is InChI=1S/C25H49N2/c1-6-13-26(14-7-2)17-23-20(10-5)21-11-12-22(23)25-19-27(15-8-3,16-9-4)18-24(21)25/h20-25H,6-19H2,1-5H3/q+1. The molecule has 3 saturated carbocycles. The minimum Gasteiger partial charge on any atom is -0.323 e. The van der Waals surface area contributed by atoms with Gasteiger partial charge in [0.25, 0.3) is 0 Å². The van der Waals surface area contributed by atoms with Crippen LogP contribution < -0.4 is 0 Å². The molecule has 2 nitrogen and oxygen atoms in total. The third kappa shape index (κ3) is 4.27. The van der Waals surface area contributed by atoms with Crippen molar-refractivity contribution in [2.24, 2.45) is 35.5 Å². The summed E-state index contributed by atoms with van der Waals surface area (Å²) in [6.45, 7) is 22.1. The van der Waals surface area contributed by atoms with Gasteiger partial charge in [-0.3, -0.25) is 0 Å². The number of rotatable bonds is 11. The molecule has 0 spiro atoms. The van der Waals surface area contributed by atoms with Gasteiger partial charge in [0.1, 0.15) is 0 Å². The van der Waals surface area contributed by atoms with Gasteiger partial charge in [-0.15, -0.1) is 0 Å². The molecular formula is C25H49N2+. The van der Waals surface area contributed by atoms with Crippen molar-refractivity contribution in [3.63, 3.8) is 0 Å². The van der Waals surface area contributed by atoms with Crippen molar-refractivity contribution in [1.82, 2.24) is 4.90 Å². The third-order valence-electron chi connectivity index (χ3n) is 8.75. The minimum atomic E-state index is 0.997. The molecule has 3 aliphatic carbocycles. The molecule has 6 unspecified atom stereocenters. The van der Waals surface area contributed by atoms with Crippen LogP contribution in [-0.4, -0.2) is 55.2 Å². The van der Waals surface area contributed by atoms with Gasteiger partial charge in [-0.2, -0.15) is 0 Å². The molecule has 4 fully saturated rings. The first kappa shape index (κ1) is 21.6. The van der Waals surface area contributed by atoms with Crippen LogP contribution in [0.4, 0.5) is 0 Å². The van der Waals surface area contributed by atoms with Crippen LogP contribution in [0.3, 0.4) is 0 Å². The van der Waals surface area contributed by atoms with Gasteiger partial charge < -0.3 is 9.38 Å². The van der Waals surface area contributed by atoms with Gasteiger partial charge in [-0.1, -0.05) is 41.0 Å². The molecule has 2 bridgehead atoms. The van der Waals surface area contributed by atoms with Gasteiger partial charge in [0.05, 0.1) is 26.2 Å². The molecule has 1 aliphatic heterocycles. The number of quaternary nitrogens is 1. The molecule has 27 heavy (non-hydrogen) atoms. The van der Waals surface area contributed by atoms with E-state index in [0.29, 0.717) is 0 Å². The van der Waals surface area contributed by atoms with E-state index in [4.69, 9.17) is 0 Å². The SMILES string of the molecule is CCCN(CCC)CC1C(CC)C2CCC1C1C[N+](CCC)(CCC)CC21. The van der Waals surface area contributed by atoms with Crippen molar-refractivity contribution in [2.75, 3.05) is 45.8 Å². The van der Waals surface area contributed by atoms with Crippen molar-refractivity contribution >= 4 is 0 Å². The topological polar surface area (TPSA) is 3.24 Å². The number of likely N-dealkylation sites (tertiary alicyclic amines) is 1. The van der Waals surface area contributed by atoms with Crippen molar-refractivity contribution in [1.29, 1.82) is 0 Å². The Bertz CT molecular complexity index is 436. The summed E-state index contributed by atoms with van der Waals surface area (Å²) in [5.74, 6) is 6.22. The van der Waals surface area contributed by atoms with E-state index in [9.17, 15) is 0 Å². The zero-order chi connectivity index (χ0) is 19.4. The summed E-state index contributed by atoms with van der Waals surface area (Å²) in [5, 5.41) is 0. The van der Waals surface area contributed by atoms with Crippen LogP contribution in [0, 0.1) is 35.5 Å². The number of hydrogen-bond acceptors (Lipinski definition) is 1. The predicted octanol–water partition coefficient (Wildman–Crippen LogP) is 5.67. The van der Waals surface area contributed by atoms with Crippen molar-refractivity contribution in [3.05, 3.63) is 0 Å². The maximum atomic E-state index is 2.83. The first-order valence-corrected chi connectivity index (χ1v) is 12.7. The van der Waals surface area contributed by atoms with Crippen LogP contribution in [0.25, 0.3) is 0 Å². The number of hydrogen-bond donors (Lipinski definition) is 0. The molecule has 0 radical (unpaired) electrons. The quantitative estimate of drug-likeness (QED) is 0.419. The Morgan fingerprint density at radius 2 is 1.19 bits per heavy atom. The van der Waals surface area contributed by atoms with E-state index in [2.05, 4.69) is 39.5 Å². The van der Waals surface area contributed by atoms with E-state index >= 15 is 0 Å². The fourth-order valence-corrected chi connectivity index (χ4v) is 8.18. The molecule has 0 N–H and O–H groups in total. The fourth-order valence-electron chi connectivity index (χ4n) is 8.18. The van der Waals surface area contributed by atoms with Crippen LogP contribution in [0.5, 0.6) is 0 Å². The van der Waals surface area contributed by atoms with Crippen LogP contribution >= 0.6 is 0 Å². The minimum absolute atomic E-state index is 0.997. The largest absolute Gasteiger partial charge is 0.323 e. The molecule has 0 aromatic carbocycles. The molecule has 0 aromatic heterocycles. The van der Waals surface area contributed by atoms with Gasteiger partial charge >= 0.3 is 0 Å². The van der Waals surface area contributed by atoms with Crippen LogP contribution in [0.1, 0.15) is 79.6 Å². The summed E-state index contributed by atoms with van der Waals surface area (Å²) in [6.07, 6.45) is 9.92. The first-order valence-electron chi connectivity index (χ1n) is 12.7. The Labute approximate surface area is 170 Å². The predicted molar refractivity (Wildman–Crippen MR) is 118 cm³/mol. The summed E-state index contributed by atoms with van der Waals surface area (Å²) >= 11 is 0. The van der Waals surface area contributed by atoms with E-state index in [1.165, 1.54) is 82.4 Å². The van der Waals surface area contributed by atoms with E-state index in [0.717, 1.165) is 35.5 Å². The van der Waals surface area contributed by atoms with Gasteiger partial charge in [0.2, 0.25) is 0 Å². The average molecular weight is 378 g/mol. The van der Waals surface area contributed by atoms with Crippen LogP contribution in [0.2, 0.25) is 0 Å². The van der Waals surface area contributed by atoms with Crippen LogP contribution in [-0.2, 0) is 0 Å². The second-order valence-corrected chi connectivity index (χ2v) is 10.4. The molecule has 0 amide bonds. The molecule has 4 rings (SSSR count). The average Bonchev–Trinajstić information content (AvgIpc) is 3.03. The second kappa shape index (κ2) is 9.61. The molecule has 4 aliphatic rings. The molecule has 1 heterocycles. The van der Waals surface area contributed by atoms with Crippen molar-refractivity contribution in [2.45, 2.75) is 79.6 Å². The third-order valence-corrected chi connectivity index (χ3v) is 8.75. The van der Waals surface area contributed by atoms with E-state index < -0.39 is 0 Å². The van der Waals surface area contributed by atoms with Crippen molar-refractivity contribution in [3.8, 4) is 0 Å². The van der Waals surface area contributed by atoms with E-state index in [-0.39, 0.29) is 0 Å². The smallest absolute Gasteiger partial charge is 0.0823 e. The normalized spacial score (nSPS) is 37.1. The van der Waals surface area contributed by atoms with Gasteiger partial charge in [0, 0.05) is 18.4 Å². The lowest BCUT2D eigenvalue weighted by Crippen LogP contribution is -2.53. The molecule has 0 aromatic rings. The van der Waals surface area contributed by atoms with Gasteiger partial charge in [-0.05, 0) is 75.3 Å². The van der Waals surface area contributed by atoms with Crippen molar-refractivity contribution < 1.29 is 4.48 Å².